The number of nitrogens with one attached hydrogen (secondary N) is 2. The van der Waals surface area contributed by atoms with Gasteiger partial charge in [0, 0.05) is 13.1 Å². The van der Waals surface area contributed by atoms with Crippen LogP contribution < -0.4 is 10.6 Å². The molecule has 2 saturated heterocycles. The Labute approximate surface area is 334 Å². The molecule has 0 bridgehead atoms. The summed E-state index contributed by atoms with van der Waals surface area (Å²) in [6, 6.07) is 19.5. The first-order valence-electron chi connectivity index (χ1n) is 19.2. The Morgan fingerprint density at radius 3 is 1.57 bits per heavy atom. The fourth-order valence-electron chi connectivity index (χ4n) is 7.72. The van der Waals surface area contributed by atoms with Crippen LogP contribution in [0.4, 0.5) is 9.59 Å². The van der Waals surface area contributed by atoms with Gasteiger partial charge >= 0.3 is 12.2 Å². The Kier molecular flexibility index (Phi) is 11.6. The lowest BCUT2D eigenvalue weighted by molar-refractivity contribution is -0.136. The number of methoxy groups -OCH3 is 2. The number of nitrogens with zero attached hydrogens (tertiary/aromatic N) is 4. The molecule has 5 aromatic rings. The first-order valence-corrected chi connectivity index (χ1v) is 20.8. The topological polar surface area (TPSA) is 143 Å². The van der Waals surface area contributed by atoms with E-state index in [1.165, 1.54) is 14.2 Å². The zero-order chi connectivity index (χ0) is 39.7. The Morgan fingerprint density at radius 2 is 1.07 bits per heavy atom. The van der Waals surface area contributed by atoms with Crippen LogP contribution in [0, 0.1) is 11.8 Å². The first kappa shape index (κ1) is 39.2. The number of carbonyl (C=O) groups excluding carboxylic acids is 4. The van der Waals surface area contributed by atoms with Crippen molar-refractivity contribution >= 4 is 67.1 Å². The van der Waals surface area contributed by atoms with Crippen LogP contribution in [0.15, 0.2) is 60.7 Å². The molecule has 2 fully saturated rings. The second-order valence-corrected chi connectivity index (χ2v) is 17.3. The molecule has 4 heterocycles. The average Bonchev–Trinajstić information content (AvgIpc) is 4.03. The monoisotopic (exact) mass is 796 g/mol. The molecule has 0 radical (unpaired) electrons. The molecule has 294 valence electrons. The third-order valence-electron chi connectivity index (χ3n) is 10.8. The van der Waals surface area contributed by atoms with Gasteiger partial charge in [0.15, 0.2) is 0 Å². The van der Waals surface area contributed by atoms with Crippen LogP contribution >= 0.6 is 22.7 Å². The Morgan fingerprint density at radius 1 is 0.625 bits per heavy atom. The molecule has 7 rings (SSSR count). The highest BCUT2D eigenvalue weighted by Crippen LogP contribution is 2.40. The number of fused-ring (bicyclic) bond motifs is 2. The van der Waals surface area contributed by atoms with Gasteiger partial charge in [0.1, 0.15) is 22.1 Å². The quantitative estimate of drug-likeness (QED) is 0.144. The third kappa shape index (κ3) is 7.94. The maximum Gasteiger partial charge on any atom is 0.407 e. The number of amides is 4. The number of rotatable bonds is 10. The first-order chi connectivity index (χ1) is 26.9. The standard InChI is InChI=1S/C42H48N6O6S2/c1-23(2)35(45-41(51)53-5)39(49)47-19-7-9-31(47)37-43-29-17-15-28(22-34(29)56-37)26-13-11-25(12-14-26)27-16-18-33-30(21-27)44-38(55-33)32-10-8-20-48(32)40(50)36(24(3)4)46-42(52)54-6/h11-18,21-24,31-32,35-36H,7-10,19-20H2,1-6H3,(H,45,51)(H,46,52)/t31-,32+,35+,36-/m0/s1. The van der Waals surface area contributed by atoms with E-state index in [1.807, 2.05) is 43.6 Å². The molecular formula is C42H48N6O6S2. The Bertz CT molecular complexity index is 2090. The van der Waals surface area contributed by atoms with Crippen molar-refractivity contribution in [1.82, 2.24) is 30.4 Å². The molecule has 14 heteroatoms. The highest BCUT2D eigenvalue weighted by Gasteiger charge is 2.39. The largest absolute Gasteiger partial charge is 0.453 e. The lowest BCUT2D eigenvalue weighted by atomic mass is 10.00. The third-order valence-corrected chi connectivity index (χ3v) is 13.0. The minimum Gasteiger partial charge on any atom is -0.453 e. The van der Waals surface area contributed by atoms with Crippen molar-refractivity contribution in [2.45, 2.75) is 77.5 Å². The predicted molar refractivity (Wildman–Crippen MR) is 219 cm³/mol. The van der Waals surface area contributed by atoms with Crippen molar-refractivity contribution in [3.05, 3.63) is 70.7 Å². The summed E-state index contributed by atoms with van der Waals surface area (Å²) in [4.78, 5) is 65.0. The summed E-state index contributed by atoms with van der Waals surface area (Å²) in [6.07, 6.45) is 2.17. The maximum absolute atomic E-state index is 13.6. The number of hydrogen-bond acceptors (Lipinski definition) is 10. The molecule has 3 aromatic carbocycles. The van der Waals surface area contributed by atoms with E-state index in [2.05, 4.69) is 65.2 Å². The number of benzene rings is 3. The van der Waals surface area contributed by atoms with Crippen LogP contribution in [0.5, 0.6) is 0 Å². The highest BCUT2D eigenvalue weighted by molar-refractivity contribution is 7.19. The summed E-state index contributed by atoms with van der Waals surface area (Å²) in [6.45, 7) is 8.91. The normalized spacial score (nSPS) is 18.1. The van der Waals surface area contributed by atoms with E-state index in [0.717, 1.165) is 78.4 Å². The van der Waals surface area contributed by atoms with Gasteiger partial charge in [0.05, 0.1) is 46.7 Å². The average molecular weight is 797 g/mol. The number of likely N-dealkylation sites (tertiary alicyclic amines) is 2. The minimum atomic E-state index is -0.671. The van der Waals surface area contributed by atoms with Crippen LogP contribution in [-0.2, 0) is 19.1 Å². The summed E-state index contributed by atoms with van der Waals surface area (Å²) in [7, 11) is 2.60. The van der Waals surface area contributed by atoms with E-state index in [4.69, 9.17) is 19.4 Å². The van der Waals surface area contributed by atoms with E-state index >= 15 is 0 Å². The van der Waals surface area contributed by atoms with Gasteiger partial charge in [-0.2, -0.15) is 0 Å². The number of carbonyl (C=O) groups is 4. The van der Waals surface area contributed by atoms with E-state index < -0.39 is 24.3 Å². The van der Waals surface area contributed by atoms with Gasteiger partial charge in [-0.05, 0) is 84.0 Å². The molecule has 4 amide bonds. The van der Waals surface area contributed by atoms with Crippen LogP contribution in [0.25, 0.3) is 42.7 Å². The maximum atomic E-state index is 13.6. The number of ether oxygens (including phenoxy) is 2. The Hall–Kier alpha value is -5.08. The molecular weight excluding hydrogens is 749 g/mol. The van der Waals surface area contributed by atoms with Gasteiger partial charge < -0.3 is 29.9 Å². The molecule has 4 atom stereocenters. The zero-order valence-electron chi connectivity index (χ0n) is 32.5. The summed E-state index contributed by atoms with van der Waals surface area (Å²) in [5.41, 5.74) is 6.09. The molecule has 2 aliphatic rings. The number of thiazole rings is 2. The molecule has 0 spiro atoms. The Balaban J connectivity index is 1.06. The van der Waals surface area contributed by atoms with Gasteiger partial charge in [-0.15, -0.1) is 22.7 Å². The van der Waals surface area contributed by atoms with Gasteiger partial charge in [0.25, 0.3) is 0 Å². The van der Waals surface area contributed by atoms with E-state index in [1.54, 1.807) is 22.7 Å². The molecule has 2 N–H and O–H groups in total. The molecule has 0 aliphatic carbocycles. The smallest absolute Gasteiger partial charge is 0.407 e. The second-order valence-electron chi connectivity index (χ2n) is 15.1. The summed E-state index contributed by atoms with van der Waals surface area (Å²) < 4.78 is 11.7. The number of alkyl carbamates (subject to hydrolysis) is 2. The minimum absolute atomic E-state index is 0.0925. The van der Waals surface area contributed by atoms with Gasteiger partial charge in [0.2, 0.25) is 11.8 Å². The lowest BCUT2D eigenvalue weighted by Crippen LogP contribution is -2.51. The predicted octanol–water partition coefficient (Wildman–Crippen LogP) is 8.33. The molecule has 2 aromatic heterocycles. The van der Waals surface area contributed by atoms with Crippen molar-refractivity contribution in [3.63, 3.8) is 0 Å². The molecule has 0 unspecified atom stereocenters. The van der Waals surface area contributed by atoms with E-state index in [0.29, 0.717) is 13.1 Å². The van der Waals surface area contributed by atoms with Crippen molar-refractivity contribution in [2.75, 3.05) is 27.3 Å². The van der Waals surface area contributed by atoms with Crippen molar-refractivity contribution < 1.29 is 28.7 Å². The summed E-state index contributed by atoms with van der Waals surface area (Å²) in [5, 5.41) is 7.25. The van der Waals surface area contributed by atoms with Gasteiger partial charge in [-0.25, -0.2) is 19.6 Å². The fourth-order valence-corrected chi connectivity index (χ4v) is 9.97. The van der Waals surface area contributed by atoms with Crippen molar-refractivity contribution in [2.24, 2.45) is 11.8 Å². The number of hydrogen-bond donors (Lipinski definition) is 2. The van der Waals surface area contributed by atoms with Gasteiger partial charge in [-0.1, -0.05) is 64.1 Å². The van der Waals surface area contributed by atoms with E-state index in [9.17, 15) is 19.2 Å². The molecule has 56 heavy (non-hydrogen) atoms. The molecule has 12 nitrogen and oxygen atoms in total. The SMILES string of the molecule is COC(=O)N[C@H](C(=O)N1CCC[C@@H]1c1nc2cc(-c3ccc(-c4ccc5nc([C@@H]6CCCN6C(=O)[C@H](NC(=O)OC)C(C)C)sc5c4)cc3)ccc2s1)C(C)C. The van der Waals surface area contributed by atoms with E-state index in [-0.39, 0.29) is 35.7 Å². The second kappa shape index (κ2) is 16.6. The lowest BCUT2D eigenvalue weighted by Gasteiger charge is -2.29. The fraction of sp³-hybridized carbons (Fsp3) is 0.429. The van der Waals surface area contributed by atoms with Crippen LogP contribution in [-0.4, -0.2) is 83.2 Å². The van der Waals surface area contributed by atoms with Gasteiger partial charge in [-0.3, -0.25) is 9.59 Å². The summed E-state index contributed by atoms with van der Waals surface area (Å²) in [5.74, 6) is -0.405. The zero-order valence-corrected chi connectivity index (χ0v) is 34.2. The number of aromatic nitrogens is 2. The van der Waals surface area contributed by atoms with Crippen LogP contribution in [0.3, 0.4) is 0 Å². The van der Waals surface area contributed by atoms with Crippen molar-refractivity contribution in [3.8, 4) is 22.3 Å². The highest BCUT2D eigenvalue weighted by atomic mass is 32.1. The van der Waals surface area contributed by atoms with Crippen molar-refractivity contribution in [1.29, 1.82) is 0 Å². The van der Waals surface area contributed by atoms with Crippen LogP contribution in [0.1, 0.15) is 75.5 Å². The molecule has 0 saturated carbocycles. The van der Waals surface area contributed by atoms with Crippen LogP contribution in [0.2, 0.25) is 0 Å². The molecule has 2 aliphatic heterocycles. The summed E-state index contributed by atoms with van der Waals surface area (Å²) >= 11 is 3.23.